The van der Waals surface area contributed by atoms with Crippen LogP contribution in [-0.4, -0.2) is 29.4 Å². The maximum absolute atomic E-state index is 11.4. The minimum Gasteiger partial charge on any atom is -0.481 e. The Hall–Kier alpha value is -1.94. The highest BCUT2D eigenvalue weighted by Gasteiger charge is 2.51. The lowest BCUT2D eigenvalue weighted by molar-refractivity contribution is -0.135. The van der Waals surface area contributed by atoms with Crippen molar-refractivity contribution in [2.45, 2.75) is 44.1 Å². The van der Waals surface area contributed by atoms with Crippen LogP contribution >= 0.6 is 0 Å². The molecule has 2 aliphatic heterocycles. The number of carbonyl (C=O) groups is 1. The molecule has 0 aromatic heterocycles. The van der Waals surface area contributed by atoms with Crippen molar-refractivity contribution in [3.63, 3.8) is 0 Å². The highest BCUT2D eigenvalue weighted by atomic mass is 16.4. The van der Waals surface area contributed by atoms with Gasteiger partial charge >= 0.3 is 5.97 Å². The van der Waals surface area contributed by atoms with Gasteiger partial charge in [-0.05, 0) is 37.4 Å². The molecule has 2 aliphatic rings. The van der Waals surface area contributed by atoms with Crippen LogP contribution < -0.4 is 5.32 Å². The largest absolute Gasteiger partial charge is 0.481 e. The molecular weight excluding hydrogens is 276 g/mol. The number of rotatable bonds is 4. The summed E-state index contributed by atoms with van der Waals surface area (Å²) in [7, 11) is 0. The third-order valence-electron chi connectivity index (χ3n) is 4.93. The maximum atomic E-state index is 11.4. The van der Waals surface area contributed by atoms with E-state index in [1.807, 2.05) is 18.2 Å². The summed E-state index contributed by atoms with van der Waals surface area (Å²) in [4.78, 5) is 16.0. The van der Waals surface area contributed by atoms with Gasteiger partial charge in [-0.25, -0.2) is 0 Å². The Balaban J connectivity index is 2.15. The molecule has 4 nitrogen and oxygen atoms in total. The van der Waals surface area contributed by atoms with Crippen LogP contribution in [0.1, 0.15) is 38.2 Å². The molecule has 0 radical (unpaired) electrons. The lowest BCUT2D eigenvalue weighted by atomic mass is 9.64. The van der Waals surface area contributed by atoms with E-state index in [1.54, 1.807) is 0 Å². The summed E-state index contributed by atoms with van der Waals surface area (Å²) < 4.78 is 0. The molecule has 2 heterocycles. The molecule has 2 atom stereocenters. The van der Waals surface area contributed by atoms with E-state index in [0.717, 1.165) is 48.3 Å². The van der Waals surface area contributed by atoms with Crippen LogP contribution in [0.3, 0.4) is 0 Å². The van der Waals surface area contributed by atoms with E-state index < -0.39 is 5.97 Å². The van der Waals surface area contributed by atoms with Crippen LogP contribution in [0, 0.1) is 0 Å². The third kappa shape index (κ3) is 2.18. The highest BCUT2D eigenvalue weighted by Crippen LogP contribution is 2.49. The second-order valence-electron chi connectivity index (χ2n) is 6.12. The Kier molecular flexibility index (Phi) is 3.87. The van der Waals surface area contributed by atoms with E-state index in [1.165, 1.54) is 0 Å². The summed E-state index contributed by atoms with van der Waals surface area (Å²) in [5.41, 5.74) is 3.61. The van der Waals surface area contributed by atoms with Gasteiger partial charge in [0, 0.05) is 11.8 Å². The third-order valence-corrected chi connectivity index (χ3v) is 4.93. The van der Waals surface area contributed by atoms with Crippen LogP contribution in [0.2, 0.25) is 0 Å². The summed E-state index contributed by atoms with van der Waals surface area (Å²) in [5, 5.41) is 12.9. The Bertz CT molecular complexity index is 650. The smallest absolute Gasteiger partial charge is 0.309 e. The molecule has 3 rings (SSSR count). The molecule has 4 heteroatoms. The van der Waals surface area contributed by atoms with Crippen molar-refractivity contribution in [3.05, 3.63) is 42.0 Å². The zero-order valence-corrected chi connectivity index (χ0v) is 12.9. The molecule has 116 valence electrons. The second-order valence-corrected chi connectivity index (χ2v) is 6.12. The quantitative estimate of drug-likeness (QED) is 0.839. The SMILES string of the molecule is C=C(CC)C1NCCCC12C(CC(=O)O)=Nc1ccccc12. The fourth-order valence-electron chi connectivity index (χ4n) is 3.92. The molecule has 1 fully saturated rings. The number of hydrogen-bond donors (Lipinski definition) is 2. The molecule has 1 aromatic rings. The molecule has 0 amide bonds. The Morgan fingerprint density at radius 1 is 1.50 bits per heavy atom. The van der Waals surface area contributed by atoms with E-state index in [-0.39, 0.29) is 17.9 Å². The Morgan fingerprint density at radius 2 is 2.27 bits per heavy atom. The zero-order chi connectivity index (χ0) is 15.7. The normalized spacial score (nSPS) is 26.6. The lowest BCUT2D eigenvalue weighted by Gasteiger charge is -2.44. The van der Waals surface area contributed by atoms with Crippen LogP contribution in [0.5, 0.6) is 0 Å². The van der Waals surface area contributed by atoms with Crippen LogP contribution in [-0.2, 0) is 10.2 Å². The highest BCUT2D eigenvalue weighted by molar-refractivity contribution is 6.10. The first kappa shape index (κ1) is 15.0. The molecule has 0 bridgehead atoms. The van der Waals surface area contributed by atoms with E-state index >= 15 is 0 Å². The number of hydrogen-bond acceptors (Lipinski definition) is 3. The number of aliphatic imine (C=N–C) groups is 1. The van der Waals surface area contributed by atoms with Crippen molar-refractivity contribution in [1.29, 1.82) is 0 Å². The molecule has 2 unspecified atom stereocenters. The standard InChI is InChI=1S/C18H22N2O2/c1-3-12(2)17-18(9-6-10-19-17)13-7-4-5-8-14(13)20-15(18)11-16(21)22/h4-5,7-8,17,19H,2-3,6,9-11H2,1H3,(H,21,22). The first-order valence-corrected chi connectivity index (χ1v) is 7.90. The summed E-state index contributed by atoms with van der Waals surface area (Å²) in [6.07, 6.45) is 2.80. The monoisotopic (exact) mass is 298 g/mol. The summed E-state index contributed by atoms with van der Waals surface area (Å²) in [6.45, 7) is 7.27. The number of carboxylic acids is 1. The Labute approximate surface area is 131 Å². The fraction of sp³-hybridized carbons (Fsp3) is 0.444. The molecule has 1 saturated heterocycles. The second kappa shape index (κ2) is 5.69. The topological polar surface area (TPSA) is 61.7 Å². The van der Waals surface area contributed by atoms with Gasteiger partial charge in [-0.15, -0.1) is 0 Å². The molecule has 1 spiro atoms. The average Bonchev–Trinajstić information content (AvgIpc) is 2.81. The average molecular weight is 298 g/mol. The number of benzene rings is 1. The number of nitrogens with one attached hydrogen (secondary N) is 1. The van der Waals surface area contributed by atoms with Gasteiger partial charge in [0.2, 0.25) is 0 Å². The van der Waals surface area contributed by atoms with Gasteiger partial charge in [0.05, 0.1) is 17.5 Å². The predicted molar refractivity (Wildman–Crippen MR) is 87.9 cm³/mol. The number of para-hydroxylation sites is 1. The van der Waals surface area contributed by atoms with Gasteiger partial charge in [0.1, 0.15) is 0 Å². The number of fused-ring (bicyclic) bond motifs is 2. The van der Waals surface area contributed by atoms with Gasteiger partial charge in [0.25, 0.3) is 0 Å². The minimum absolute atomic E-state index is 0.0101. The van der Waals surface area contributed by atoms with Gasteiger partial charge in [-0.3, -0.25) is 9.79 Å². The van der Waals surface area contributed by atoms with Crippen LogP contribution in [0.25, 0.3) is 0 Å². The van der Waals surface area contributed by atoms with Gasteiger partial charge < -0.3 is 10.4 Å². The van der Waals surface area contributed by atoms with E-state index in [4.69, 9.17) is 4.99 Å². The minimum atomic E-state index is -0.822. The van der Waals surface area contributed by atoms with Crippen LogP contribution in [0.4, 0.5) is 5.69 Å². The molecule has 2 N–H and O–H groups in total. The van der Waals surface area contributed by atoms with Crippen molar-refractivity contribution < 1.29 is 9.90 Å². The van der Waals surface area contributed by atoms with Gasteiger partial charge in [-0.2, -0.15) is 0 Å². The molecular formula is C18H22N2O2. The summed E-state index contributed by atoms with van der Waals surface area (Å²) >= 11 is 0. The number of carboxylic acid groups (broad SMARTS) is 1. The van der Waals surface area contributed by atoms with Gasteiger partial charge in [0.15, 0.2) is 0 Å². The maximum Gasteiger partial charge on any atom is 0.309 e. The molecule has 22 heavy (non-hydrogen) atoms. The fourth-order valence-corrected chi connectivity index (χ4v) is 3.92. The van der Waals surface area contributed by atoms with Crippen molar-refractivity contribution in [2.75, 3.05) is 6.54 Å². The van der Waals surface area contributed by atoms with E-state index in [9.17, 15) is 9.90 Å². The zero-order valence-electron chi connectivity index (χ0n) is 12.9. The van der Waals surface area contributed by atoms with Crippen molar-refractivity contribution >= 4 is 17.4 Å². The van der Waals surface area contributed by atoms with E-state index in [2.05, 4.69) is 24.9 Å². The summed E-state index contributed by atoms with van der Waals surface area (Å²) in [6, 6.07) is 8.11. The van der Waals surface area contributed by atoms with Gasteiger partial charge in [-0.1, -0.05) is 37.3 Å². The molecule has 1 aromatic carbocycles. The number of aliphatic carboxylic acids is 1. The number of nitrogens with zero attached hydrogens (tertiary/aromatic N) is 1. The first-order chi connectivity index (χ1) is 10.6. The number of piperidine rings is 1. The predicted octanol–water partition coefficient (Wildman–Crippen LogP) is 3.20. The molecule has 0 saturated carbocycles. The van der Waals surface area contributed by atoms with Crippen molar-refractivity contribution in [2.24, 2.45) is 4.99 Å². The van der Waals surface area contributed by atoms with Crippen molar-refractivity contribution in [3.8, 4) is 0 Å². The lowest BCUT2D eigenvalue weighted by Crippen LogP contribution is -2.57. The van der Waals surface area contributed by atoms with Crippen LogP contribution in [0.15, 0.2) is 41.4 Å². The first-order valence-electron chi connectivity index (χ1n) is 7.90. The Morgan fingerprint density at radius 3 is 3.00 bits per heavy atom. The molecule has 0 aliphatic carbocycles. The van der Waals surface area contributed by atoms with E-state index in [0.29, 0.717) is 0 Å². The van der Waals surface area contributed by atoms with Crippen molar-refractivity contribution in [1.82, 2.24) is 5.32 Å². The summed E-state index contributed by atoms with van der Waals surface area (Å²) in [5.74, 6) is -0.822.